The van der Waals surface area contributed by atoms with E-state index in [1.54, 1.807) is 18.2 Å². The molecule has 1 aliphatic heterocycles. The maximum absolute atomic E-state index is 14.2. The van der Waals surface area contributed by atoms with E-state index in [4.69, 9.17) is 25.8 Å². The average Bonchev–Trinajstić information content (AvgIpc) is 3.77. The zero-order chi connectivity index (χ0) is 43.4. The van der Waals surface area contributed by atoms with Crippen molar-refractivity contribution >= 4 is 35.2 Å². The zero-order valence-corrected chi connectivity index (χ0v) is 38.4. The van der Waals surface area contributed by atoms with E-state index in [0.29, 0.717) is 72.5 Å². The molecule has 7 aliphatic rings. The van der Waals surface area contributed by atoms with Crippen molar-refractivity contribution in [1.29, 1.82) is 0 Å². The number of aliphatic carboxylic acids is 1. The number of Topliss-reactive ketones (excluding diaryl/α,β-unsaturated/α-hetero) is 1. The van der Waals surface area contributed by atoms with E-state index in [0.717, 1.165) is 69.8 Å². The number of allylic oxidation sites excluding steroid dienone is 2. The third kappa shape index (κ3) is 6.62. The van der Waals surface area contributed by atoms with Crippen LogP contribution in [0.1, 0.15) is 150 Å². The second-order valence-electron chi connectivity index (χ2n) is 22.5. The number of fused-ring (bicyclic) bond motifs is 7. The van der Waals surface area contributed by atoms with Gasteiger partial charge in [0, 0.05) is 35.2 Å². The molecular formula is C50H70ClNO8. The van der Waals surface area contributed by atoms with Gasteiger partial charge in [-0.1, -0.05) is 79.5 Å². The second kappa shape index (κ2) is 15.1. The number of carboxylic acid groups (broad SMARTS) is 1. The summed E-state index contributed by atoms with van der Waals surface area (Å²) in [6.07, 6.45) is 10.2. The number of rotatable bonds is 10. The molecule has 2 N–H and O–H groups in total. The summed E-state index contributed by atoms with van der Waals surface area (Å²) < 4.78 is 18.1. The summed E-state index contributed by atoms with van der Waals surface area (Å²) in [5.74, 6) is -0.0519. The number of hydrogen-bond acceptors (Lipinski definition) is 7. The van der Waals surface area contributed by atoms with Gasteiger partial charge in [0.25, 0.3) is 5.91 Å². The van der Waals surface area contributed by atoms with E-state index < -0.39 is 17.3 Å². The molecule has 1 saturated heterocycles. The Labute approximate surface area is 362 Å². The van der Waals surface area contributed by atoms with Crippen molar-refractivity contribution in [3.05, 3.63) is 39.9 Å². The van der Waals surface area contributed by atoms with Crippen molar-refractivity contribution in [3.63, 3.8) is 0 Å². The lowest BCUT2D eigenvalue weighted by Crippen LogP contribution is -2.66. The maximum atomic E-state index is 14.2. The molecule has 1 aromatic rings. The molecule has 1 amide bonds. The number of benzene rings is 1. The summed E-state index contributed by atoms with van der Waals surface area (Å²) in [5, 5.41) is 13.4. The fourth-order valence-electron chi connectivity index (χ4n) is 15.3. The molecule has 60 heavy (non-hydrogen) atoms. The van der Waals surface area contributed by atoms with E-state index in [1.165, 1.54) is 5.57 Å². The molecule has 0 unspecified atom stereocenters. The Hall–Kier alpha value is -2.91. The third-order valence-corrected chi connectivity index (χ3v) is 19.1. The maximum Gasteiger partial charge on any atom is 0.309 e. The van der Waals surface area contributed by atoms with Crippen LogP contribution in [0.3, 0.4) is 0 Å². The average molecular weight is 849 g/mol. The Balaban J connectivity index is 1.00. The number of nitrogens with one attached hydrogen (secondary N) is 1. The SMILES string of the molecule is CC(C)C1=C2[C@H]3CC[C@@H]4[C@@]5(C)CC[C@H](OC(=O)[C@H]6C[C@@H](C(=O)O)C6(C)C)C(C)(C)[C@@H]5CC[C@@]4(C)[C@]3(C)CC[C@@]2(CCNC(=O)c2ccc(Cl)cc2O[C@@H]2CCOC2)CC1=O. The van der Waals surface area contributed by atoms with Crippen LogP contribution in [0.5, 0.6) is 5.75 Å². The molecule has 11 atom stereocenters. The number of carboxylic acids is 1. The Morgan fingerprint density at radius 1 is 0.900 bits per heavy atom. The van der Waals surface area contributed by atoms with Crippen molar-refractivity contribution in [2.24, 2.45) is 68.0 Å². The Morgan fingerprint density at radius 2 is 1.65 bits per heavy atom. The summed E-state index contributed by atoms with van der Waals surface area (Å²) in [4.78, 5) is 53.5. The van der Waals surface area contributed by atoms with Crippen molar-refractivity contribution in [2.45, 2.75) is 152 Å². The van der Waals surface area contributed by atoms with Gasteiger partial charge >= 0.3 is 11.9 Å². The molecule has 1 heterocycles. The monoisotopic (exact) mass is 847 g/mol. The van der Waals surface area contributed by atoms with Crippen LogP contribution in [0, 0.1) is 68.0 Å². The molecule has 330 valence electrons. The minimum absolute atomic E-state index is 0.0141. The zero-order valence-electron chi connectivity index (χ0n) is 37.6. The summed E-state index contributed by atoms with van der Waals surface area (Å²) in [5.41, 5.74) is 1.99. The number of ether oxygens (including phenoxy) is 3. The molecule has 6 fully saturated rings. The molecule has 0 bridgehead atoms. The van der Waals surface area contributed by atoms with Crippen LogP contribution in [0.4, 0.5) is 0 Å². The molecule has 8 rings (SSSR count). The van der Waals surface area contributed by atoms with Crippen LogP contribution in [-0.2, 0) is 23.9 Å². The predicted molar refractivity (Wildman–Crippen MR) is 231 cm³/mol. The number of esters is 1. The van der Waals surface area contributed by atoms with Crippen molar-refractivity contribution < 1.29 is 38.5 Å². The number of amides is 1. The van der Waals surface area contributed by atoms with E-state index in [-0.39, 0.29) is 63.0 Å². The van der Waals surface area contributed by atoms with Gasteiger partial charge in [-0.2, -0.15) is 0 Å². The highest BCUT2D eigenvalue weighted by Crippen LogP contribution is 2.77. The van der Waals surface area contributed by atoms with Crippen LogP contribution in [0.2, 0.25) is 5.02 Å². The van der Waals surface area contributed by atoms with E-state index in [1.807, 2.05) is 13.8 Å². The second-order valence-corrected chi connectivity index (χ2v) is 22.9. The molecule has 0 spiro atoms. The first-order valence-corrected chi connectivity index (χ1v) is 23.5. The lowest BCUT2D eigenvalue weighted by molar-refractivity contribution is -0.236. The molecular weight excluding hydrogens is 778 g/mol. The molecule has 6 aliphatic carbocycles. The first kappa shape index (κ1) is 43.7. The highest BCUT2D eigenvalue weighted by atomic mass is 35.5. The predicted octanol–water partition coefficient (Wildman–Crippen LogP) is 10.3. The van der Waals surface area contributed by atoms with Crippen LogP contribution in [0.25, 0.3) is 0 Å². The Morgan fingerprint density at radius 3 is 2.32 bits per heavy atom. The minimum atomic E-state index is -0.833. The van der Waals surface area contributed by atoms with Crippen LogP contribution in [0.15, 0.2) is 29.3 Å². The van der Waals surface area contributed by atoms with E-state index in [9.17, 15) is 24.3 Å². The smallest absolute Gasteiger partial charge is 0.309 e. The van der Waals surface area contributed by atoms with Crippen molar-refractivity contribution in [2.75, 3.05) is 19.8 Å². The molecule has 9 nitrogen and oxygen atoms in total. The van der Waals surface area contributed by atoms with Gasteiger partial charge in [-0.3, -0.25) is 19.2 Å². The highest BCUT2D eigenvalue weighted by molar-refractivity contribution is 6.30. The number of carbonyl (C=O) groups excluding carboxylic acids is 3. The van der Waals surface area contributed by atoms with Gasteiger partial charge in [0.2, 0.25) is 0 Å². The standard InChI is InChI=1S/C50H70ClNO8/c1-28(2)40-35(53)26-50(21-22-52-42(54)31-11-10-29(51)24-36(31)59-30-16-23-58-27-30)20-19-48(8)32(41(40)50)12-13-38-47(7)17-15-39(46(5,6)37(47)14-18-49(38,48)9)60-44(57)34-25-33(43(55)56)45(34,3)4/h10-11,24,28,30,32-34,37-39H,12-23,25-27H2,1-9H3,(H,52,54)(H,55,56)/t30-,32-,33+,34-,37+,38-,39+,47+,48-,49-,50-/m1/s1. The number of hydrogen-bond donors (Lipinski definition) is 2. The van der Waals surface area contributed by atoms with E-state index >= 15 is 0 Å². The number of carbonyl (C=O) groups is 4. The molecule has 0 radical (unpaired) electrons. The topological polar surface area (TPSA) is 128 Å². The van der Waals surface area contributed by atoms with Gasteiger partial charge in [0.1, 0.15) is 18.0 Å². The van der Waals surface area contributed by atoms with Crippen molar-refractivity contribution in [1.82, 2.24) is 5.32 Å². The fourth-order valence-corrected chi connectivity index (χ4v) is 15.4. The lowest BCUT2D eigenvalue weighted by Gasteiger charge is -2.72. The van der Waals surface area contributed by atoms with Gasteiger partial charge in [-0.25, -0.2) is 0 Å². The normalized spacial score (nSPS) is 40.1. The number of halogens is 1. The van der Waals surface area contributed by atoms with Gasteiger partial charge in [0.15, 0.2) is 5.78 Å². The first-order chi connectivity index (χ1) is 28.1. The van der Waals surface area contributed by atoms with Gasteiger partial charge in [-0.05, 0) is 133 Å². The lowest BCUT2D eigenvalue weighted by atomic mass is 9.33. The molecule has 5 saturated carbocycles. The summed E-state index contributed by atoms with van der Waals surface area (Å²) in [6, 6.07) is 5.17. The summed E-state index contributed by atoms with van der Waals surface area (Å²) in [6.45, 7) is 22.1. The Kier molecular flexibility index (Phi) is 11.0. The highest BCUT2D eigenvalue weighted by Gasteiger charge is 2.70. The molecule has 0 aromatic heterocycles. The number of ketones is 1. The fraction of sp³-hybridized carbons (Fsp3) is 0.760. The third-order valence-electron chi connectivity index (χ3n) is 18.9. The Bertz CT molecular complexity index is 1970. The van der Waals surface area contributed by atoms with Crippen LogP contribution >= 0.6 is 11.6 Å². The summed E-state index contributed by atoms with van der Waals surface area (Å²) >= 11 is 6.35. The van der Waals surface area contributed by atoms with Gasteiger partial charge in [0.05, 0.1) is 30.6 Å². The van der Waals surface area contributed by atoms with Gasteiger partial charge in [-0.15, -0.1) is 0 Å². The van der Waals surface area contributed by atoms with Crippen LogP contribution < -0.4 is 10.1 Å². The minimum Gasteiger partial charge on any atom is -0.487 e. The largest absolute Gasteiger partial charge is 0.487 e. The quantitative estimate of drug-likeness (QED) is 0.223. The van der Waals surface area contributed by atoms with Crippen molar-refractivity contribution in [3.8, 4) is 5.75 Å². The first-order valence-electron chi connectivity index (χ1n) is 23.1. The van der Waals surface area contributed by atoms with Gasteiger partial charge < -0.3 is 24.6 Å². The summed E-state index contributed by atoms with van der Waals surface area (Å²) in [7, 11) is 0. The molecule has 1 aromatic carbocycles. The van der Waals surface area contributed by atoms with Crippen LogP contribution in [-0.4, -0.2) is 60.7 Å². The molecule has 10 heteroatoms. The van der Waals surface area contributed by atoms with E-state index in [2.05, 4.69) is 53.8 Å².